The summed E-state index contributed by atoms with van der Waals surface area (Å²) >= 11 is 0. The van der Waals surface area contributed by atoms with Gasteiger partial charge in [0, 0.05) is 24.1 Å². The number of hydrogen-bond acceptors (Lipinski definition) is 5. The summed E-state index contributed by atoms with van der Waals surface area (Å²) in [5, 5.41) is 12.4. The molecule has 4 rings (SSSR count). The Bertz CT molecular complexity index is 1390. The first-order valence-electron chi connectivity index (χ1n) is 10.4. The number of carbonyl (C=O) groups is 2. The molecule has 3 aromatic heterocycles. The van der Waals surface area contributed by atoms with Crippen molar-refractivity contribution < 1.29 is 14.3 Å². The predicted molar refractivity (Wildman–Crippen MR) is 123 cm³/mol. The summed E-state index contributed by atoms with van der Waals surface area (Å²) in [4.78, 5) is 29.3. The lowest BCUT2D eigenvalue weighted by Crippen LogP contribution is -2.23. The first-order chi connectivity index (χ1) is 15.9. The van der Waals surface area contributed by atoms with E-state index in [1.54, 1.807) is 16.7 Å². The van der Waals surface area contributed by atoms with E-state index in [0.29, 0.717) is 23.6 Å². The second-order valence-corrected chi connectivity index (χ2v) is 7.76. The molecule has 8 heteroatoms. The van der Waals surface area contributed by atoms with Crippen LogP contribution in [0.4, 0.5) is 5.82 Å². The smallest absolute Gasteiger partial charge is 0.359 e. The van der Waals surface area contributed by atoms with Crippen molar-refractivity contribution in [2.24, 2.45) is 0 Å². The molecular weight excluding hydrogens is 418 g/mol. The fraction of sp³-hybridized carbons (Fsp3) is 0.200. The lowest BCUT2D eigenvalue weighted by Gasteiger charge is -2.13. The summed E-state index contributed by atoms with van der Waals surface area (Å²) < 4.78 is 8.84. The molecule has 1 aromatic carbocycles. The number of pyridine rings is 1. The molecule has 0 aliphatic rings. The van der Waals surface area contributed by atoms with Crippen LogP contribution in [0.25, 0.3) is 5.65 Å². The van der Waals surface area contributed by atoms with Crippen LogP contribution in [0.3, 0.4) is 0 Å². The maximum Gasteiger partial charge on any atom is 0.359 e. The molecule has 0 bridgehead atoms. The summed E-state index contributed by atoms with van der Waals surface area (Å²) in [6.07, 6.45) is 1.58. The number of nitrogens with zero attached hydrogens (tertiary/aromatic N) is 4. The van der Waals surface area contributed by atoms with Crippen LogP contribution in [0.5, 0.6) is 0 Å². The molecule has 0 atom stereocenters. The molecule has 1 N–H and O–H groups in total. The Labute approximate surface area is 191 Å². The number of ether oxygens (including phenoxy) is 1. The van der Waals surface area contributed by atoms with Crippen LogP contribution >= 0.6 is 0 Å². The summed E-state index contributed by atoms with van der Waals surface area (Å²) in [6, 6.07) is 17.5. The molecule has 0 saturated carbocycles. The van der Waals surface area contributed by atoms with Crippen LogP contribution in [0.2, 0.25) is 0 Å². The van der Waals surface area contributed by atoms with Crippen LogP contribution in [-0.4, -0.2) is 32.4 Å². The summed E-state index contributed by atoms with van der Waals surface area (Å²) in [7, 11) is 0. The van der Waals surface area contributed by atoms with Crippen molar-refractivity contribution in [3.8, 4) is 6.07 Å². The summed E-state index contributed by atoms with van der Waals surface area (Å²) in [6.45, 7) is 5.64. The maximum absolute atomic E-state index is 12.6. The summed E-state index contributed by atoms with van der Waals surface area (Å²) in [5.41, 5.74) is 4.75. The number of carbonyl (C=O) groups excluding carboxylic acids is 2. The minimum Gasteiger partial charge on any atom is -0.451 e. The predicted octanol–water partition coefficient (Wildman–Crippen LogP) is 3.78. The van der Waals surface area contributed by atoms with Gasteiger partial charge in [-0.25, -0.2) is 9.78 Å². The van der Waals surface area contributed by atoms with Crippen LogP contribution in [0, 0.1) is 32.1 Å². The molecule has 0 fully saturated rings. The van der Waals surface area contributed by atoms with Gasteiger partial charge in [-0.1, -0.05) is 36.4 Å². The Morgan fingerprint density at radius 3 is 2.55 bits per heavy atom. The van der Waals surface area contributed by atoms with Crippen LogP contribution in [-0.2, 0) is 16.1 Å². The lowest BCUT2D eigenvalue weighted by atomic mass is 10.2. The number of amides is 1. The number of nitriles is 1. The molecule has 4 aromatic rings. The fourth-order valence-corrected chi connectivity index (χ4v) is 3.71. The average Bonchev–Trinajstić information content (AvgIpc) is 3.35. The Kier molecular flexibility index (Phi) is 5.96. The van der Waals surface area contributed by atoms with E-state index in [4.69, 9.17) is 4.74 Å². The molecule has 0 saturated heterocycles. The number of fused-ring (bicyclic) bond motifs is 1. The van der Waals surface area contributed by atoms with Gasteiger partial charge < -0.3 is 19.0 Å². The van der Waals surface area contributed by atoms with Crippen molar-refractivity contribution in [1.82, 2.24) is 14.0 Å². The van der Waals surface area contributed by atoms with Gasteiger partial charge in [-0.15, -0.1) is 0 Å². The molecule has 33 heavy (non-hydrogen) atoms. The minimum absolute atomic E-state index is 0.119. The number of rotatable bonds is 6. The molecule has 0 spiro atoms. The van der Waals surface area contributed by atoms with Gasteiger partial charge in [-0.2, -0.15) is 5.26 Å². The normalized spacial score (nSPS) is 10.7. The van der Waals surface area contributed by atoms with E-state index in [9.17, 15) is 14.9 Å². The number of hydrogen-bond donors (Lipinski definition) is 1. The highest BCUT2D eigenvalue weighted by atomic mass is 16.5. The molecule has 8 nitrogen and oxygen atoms in total. The molecule has 3 heterocycles. The highest BCUT2D eigenvalue weighted by Gasteiger charge is 2.21. The number of imidazole rings is 1. The maximum atomic E-state index is 12.6. The van der Waals surface area contributed by atoms with E-state index in [1.165, 1.54) is 0 Å². The Balaban J connectivity index is 1.49. The topological polar surface area (TPSA) is 101 Å². The summed E-state index contributed by atoms with van der Waals surface area (Å²) in [5.74, 6) is -0.840. The SMILES string of the molecule is Cc1c(C#N)c(NC(=O)COC(=O)c2cn3c(C)cccc3n2)n(Cc2ccccc2)c1C. The molecule has 0 aliphatic heterocycles. The zero-order chi connectivity index (χ0) is 23.5. The fourth-order valence-electron chi connectivity index (χ4n) is 3.71. The number of aromatic nitrogens is 3. The third kappa shape index (κ3) is 4.34. The van der Waals surface area contributed by atoms with Crippen LogP contribution in [0.1, 0.15) is 38.6 Å². The third-order valence-corrected chi connectivity index (χ3v) is 5.62. The number of nitrogens with one attached hydrogen (secondary N) is 1. The van der Waals surface area contributed by atoms with E-state index in [1.807, 2.05) is 67.8 Å². The van der Waals surface area contributed by atoms with Gasteiger partial charge in [0.05, 0.1) is 5.56 Å². The number of aryl methyl sites for hydroxylation is 1. The third-order valence-electron chi connectivity index (χ3n) is 5.62. The molecular formula is C25H23N5O3. The highest BCUT2D eigenvalue weighted by molar-refractivity contribution is 5.95. The molecule has 0 unspecified atom stereocenters. The van der Waals surface area contributed by atoms with Crippen molar-refractivity contribution in [3.05, 3.63) is 88.5 Å². The highest BCUT2D eigenvalue weighted by Crippen LogP contribution is 2.27. The Morgan fingerprint density at radius 1 is 1.09 bits per heavy atom. The van der Waals surface area contributed by atoms with Crippen molar-refractivity contribution in [3.63, 3.8) is 0 Å². The van der Waals surface area contributed by atoms with Gasteiger partial charge in [0.25, 0.3) is 5.91 Å². The van der Waals surface area contributed by atoms with Gasteiger partial charge in [0.15, 0.2) is 12.3 Å². The average molecular weight is 441 g/mol. The van der Waals surface area contributed by atoms with Crippen molar-refractivity contribution >= 4 is 23.3 Å². The minimum atomic E-state index is -0.694. The standard InChI is InChI=1S/C25H23N5O3/c1-16-8-7-11-22-27-21(14-29(16)22)25(32)33-15-23(31)28-24-20(12-26)17(2)18(3)30(24)13-19-9-5-4-6-10-19/h4-11,14H,13,15H2,1-3H3,(H,28,31). The number of benzene rings is 1. The monoisotopic (exact) mass is 441 g/mol. The lowest BCUT2D eigenvalue weighted by molar-refractivity contribution is -0.119. The van der Waals surface area contributed by atoms with E-state index in [2.05, 4.69) is 16.4 Å². The van der Waals surface area contributed by atoms with Gasteiger partial charge in [-0.3, -0.25) is 4.79 Å². The van der Waals surface area contributed by atoms with Gasteiger partial charge in [0.2, 0.25) is 0 Å². The molecule has 0 radical (unpaired) electrons. The van der Waals surface area contributed by atoms with Gasteiger partial charge in [-0.05, 0) is 44.0 Å². The van der Waals surface area contributed by atoms with E-state index in [-0.39, 0.29) is 5.69 Å². The zero-order valence-electron chi connectivity index (χ0n) is 18.6. The van der Waals surface area contributed by atoms with Crippen molar-refractivity contribution in [2.75, 3.05) is 11.9 Å². The largest absolute Gasteiger partial charge is 0.451 e. The van der Waals surface area contributed by atoms with E-state index >= 15 is 0 Å². The molecule has 0 aliphatic carbocycles. The van der Waals surface area contributed by atoms with E-state index in [0.717, 1.165) is 22.5 Å². The molecule has 1 amide bonds. The number of anilines is 1. The Hall–Kier alpha value is -4.38. The number of esters is 1. The zero-order valence-corrected chi connectivity index (χ0v) is 18.6. The van der Waals surface area contributed by atoms with Crippen LogP contribution < -0.4 is 5.32 Å². The van der Waals surface area contributed by atoms with Crippen molar-refractivity contribution in [1.29, 1.82) is 5.26 Å². The van der Waals surface area contributed by atoms with Gasteiger partial charge >= 0.3 is 5.97 Å². The van der Waals surface area contributed by atoms with E-state index < -0.39 is 18.5 Å². The first-order valence-corrected chi connectivity index (χ1v) is 10.4. The van der Waals surface area contributed by atoms with Gasteiger partial charge in [0.1, 0.15) is 17.5 Å². The first kappa shape index (κ1) is 21.8. The quantitative estimate of drug-likeness (QED) is 0.459. The second-order valence-electron chi connectivity index (χ2n) is 7.76. The second kappa shape index (κ2) is 9.01. The van der Waals surface area contributed by atoms with Crippen LogP contribution in [0.15, 0.2) is 54.7 Å². The Morgan fingerprint density at radius 2 is 1.85 bits per heavy atom. The molecule has 166 valence electrons. The van der Waals surface area contributed by atoms with Crippen molar-refractivity contribution in [2.45, 2.75) is 27.3 Å².